The Hall–Kier alpha value is 0.471. The van der Waals surface area contributed by atoms with E-state index in [1.807, 2.05) is 0 Å². The first-order valence-electron chi connectivity index (χ1n) is 2.16. The van der Waals surface area contributed by atoms with E-state index in [1.165, 1.54) is 0 Å². The number of hydrogen-bond acceptors (Lipinski definition) is 3. The number of aliphatic carboxylic acids is 2. The molecule has 10 heavy (non-hydrogen) atoms. The van der Waals surface area contributed by atoms with Crippen LogP contribution in [0.1, 0.15) is 6.42 Å². The van der Waals surface area contributed by atoms with Gasteiger partial charge in [-0.1, -0.05) is 0 Å². The second kappa shape index (κ2) is 6.20. The maximum absolute atomic E-state index is 9.72. The van der Waals surface area contributed by atoms with Gasteiger partial charge in [0.25, 0.3) is 0 Å². The topological polar surface area (TPSA) is 94.8 Å². The Morgan fingerprint density at radius 3 is 1.80 bits per heavy atom. The molecule has 0 radical (unpaired) electrons. The van der Waals surface area contributed by atoms with E-state index < -0.39 is 24.5 Å². The molecule has 6 heteroatoms. The fraction of sp³-hybridized carbons (Fsp3) is 0.500. The van der Waals surface area contributed by atoms with Gasteiger partial charge in [0.1, 0.15) is 0 Å². The van der Waals surface area contributed by atoms with Gasteiger partial charge in [-0.25, -0.2) is 4.79 Å². The van der Waals surface area contributed by atoms with Gasteiger partial charge in [-0.2, -0.15) is 0 Å². The Balaban J connectivity index is 0. The van der Waals surface area contributed by atoms with E-state index in [0.717, 1.165) is 0 Å². The Labute approximate surface area is 97.1 Å². The predicted molar refractivity (Wildman–Crippen MR) is 34.4 cm³/mol. The summed E-state index contributed by atoms with van der Waals surface area (Å²) in [6.45, 7) is 0. The number of carboxylic acids is 2. The standard InChI is InChI=1S/C4H6O5.Ba.2H/c5-2(4(8)9)1-3(6)7;;;/h2,5H,1H2,(H,6,7)(H,8,9);;;. The van der Waals surface area contributed by atoms with Crippen molar-refractivity contribution in [3.05, 3.63) is 0 Å². The van der Waals surface area contributed by atoms with Gasteiger partial charge in [-0.05, 0) is 0 Å². The minimum absolute atomic E-state index is 0. The fourth-order valence-electron chi connectivity index (χ4n) is 0.253. The van der Waals surface area contributed by atoms with Crippen LogP contribution in [0.25, 0.3) is 0 Å². The third-order valence-electron chi connectivity index (χ3n) is 0.653. The first-order chi connectivity index (χ1) is 4.04. The van der Waals surface area contributed by atoms with Crippen LogP contribution in [0.4, 0.5) is 0 Å². The van der Waals surface area contributed by atoms with Gasteiger partial charge in [0.2, 0.25) is 0 Å². The van der Waals surface area contributed by atoms with Crippen molar-refractivity contribution in [1.82, 2.24) is 0 Å². The van der Waals surface area contributed by atoms with Crippen molar-refractivity contribution in [3.8, 4) is 0 Å². The molecule has 0 aromatic heterocycles. The van der Waals surface area contributed by atoms with Crippen LogP contribution in [0.5, 0.6) is 0 Å². The first-order valence-corrected chi connectivity index (χ1v) is 2.16. The van der Waals surface area contributed by atoms with Crippen LogP contribution in [-0.4, -0.2) is 82.2 Å². The van der Waals surface area contributed by atoms with Gasteiger partial charge in [0.15, 0.2) is 6.10 Å². The molecular formula is C4H8BaO5. The zero-order chi connectivity index (χ0) is 7.44. The molecule has 0 aliphatic heterocycles. The van der Waals surface area contributed by atoms with Gasteiger partial charge >= 0.3 is 60.8 Å². The van der Waals surface area contributed by atoms with Crippen molar-refractivity contribution >= 4 is 60.8 Å². The van der Waals surface area contributed by atoms with E-state index in [2.05, 4.69) is 0 Å². The molecule has 0 aromatic carbocycles. The summed E-state index contributed by atoms with van der Waals surface area (Å²) in [5.41, 5.74) is 0. The molecule has 0 saturated heterocycles. The van der Waals surface area contributed by atoms with Crippen molar-refractivity contribution in [2.45, 2.75) is 12.5 Å². The van der Waals surface area contributed by atoms with Crippen molar-refractivity contribution in [3.63, 3.8) is 0 Å². The molecule has 0 fully saturated rings. The number of hydrogen-bond donors (Lipinski definition) is 3. The van der Waals surface area contributed by atoms with Crippen LogP contribution < -0.4 is 0 Å². The summed E-state index contributed by atoms with van der Waals surface area (Å²) in [6.07, 6.45) is -2.54. The predicted octanol–water partition coefficient (Wildman–Crippen LogP) is -2.01. The molecule has 0 saturated carbocycles. The molecule has 1 unspecified atom stereocenters. The first kappa shape index (κ1) is 13.1. The Bertz CT molecular complexity index is 134. The van der Waals surface area contributed by atoms with Gasteiger partial charge in [0.05, 0.1) is 6.42 Å². The monoisotopic (exact) mass is 274 g/mol. The van der Waals surface area contributed by atoms with Gasteiger partial charge < -0.3 is 15.3 Å². The van der Waals surface area contributed by atoms with E-state index in [9.17, 15) is 9.59 Å². The van der Waals surface area contributed by atoms with Gasteiger partial charge in [-0.15, -0.1) is 0 Å². The SMILES string of the molecule is O=C(O)CC(O)C(=O)O.[BaH2]. The summed E-state index contributed by atoms with van der Waals surface area (Å²) < 4.78 is 0. The van der Waals surface area contributed by atoms with E-state index >= 15 is 0 Å². The molecule has 0 aliphatic rings. The zero-order valence-electron chi connectivity index (χ0n) is 4.44. The second-order valence-corrected chi connectivity index (χ2v) is 1.45. The molecule has 0 spiro atoms. The minimum atomic E-state index is -1.79. The molecule has 0 aliphatic carbocycles. The Kier molecular flexibility index (Phi) is 8.11. The van der Waals surface area contributed by atoms with E-state index in [1.54, 1.807) is 0 Å². The van der Waals surface area contributed by atoms with Crippen LogP contribution in [0, 0.1) is 0 Å². The summed E-state index contributed by atoms with van der Waals surface area (Å²) in [4.78, 5) is 19.4. The summed E-state index contributed by atoms with van der Waals surface area (Å²) in [7, 11) is 0. The summed E-state index contributed by atoms with van der Waals surface area (Å²) in [5.74, 6) is -2.85. The molecule has 0 amide bonds. The molecule has 3 N–H and O–H groups in total. The third kappa shape index (κ3) is 6.59. The second-order valence-electron chi connectivity index (χ2n) is 1.45. The molecular weight excluding hydrogens is 265 g/mol. The molecule has 56 valence electrons. The van der Waals surface area contributed by atoms with Crippen molar-refractivity contribution in [2.24, 2.45) is 0 Å². The molecule has 5 nitrogen and oxygen atoms in total. The molecule has 0 heterocycles. The summed E-state index contributed by atoms with van der Waals surface area (Å²) >= 11 is 0. The number of rotatable bonds is 3. The molecule has 0 bridgehead atoms. The zero-order valence-corrected chi connectivity index (χ0v) is 4.44. The van der Waals surface area contributed by atoms with Crippen molar-refractivity contribution < 1.29 is 24.9 Å². The number of carbonyl (C=O) groups is 2. The van der Waals surface area contributed by atoms with E-state index in [-0.39, 0.29) is 48.9 Å². The average molecular weight is 273 g/mol. The molecule has 0 rings (SSSR count). The average Bonchev–Trinajstić information content (AvgIpc) is 1.63. The van der Waals surface area contributed by atoms with E-state index in [4.69, 9.17) is 15.3 Å². The Morgan fingerprint density at radius 2 is 1.70 bits per heavy atom. The van der Waals surface area contributed by atoms with Crippen LogP contribution in [0.15, 0.2) is 0 Å². The maximum atomic E-state index is 9.72. The van der Waals surface area contributed by atoms with Crippen LogP contribution in [0.3, 0.4) is 0 Å². The van der Waals surface area contributed by atoms with Crippen LogP contribution in [-0.2, 0) is 9.59 Å². The van der Waals surface area contributed by atoms with Crippen molar-refractivity contribution in [2.75, 3.05) is 0 Å². The number of carboxylic acid groups (broad SMARTS) is 2. The summed E-state index contributed by atoms with van der Waals surface area (Å²) in [6, 6.07) is 0. The fourth-order valence-corrected chi connectivity index (χ4v) is 0.253. The normalized spacial score (nSPS) is 11.3. The number of aliphatic hydroxyl groups excluding tert-OH is 1. The third-order valence-corrected chi connectivity index (χ3v) is 0.653. The summed E-state index contributed by atoms with van der Waals surface area (Å²) in [5, 5.41) is 24.1. The van der Waals surface area contributed by atoms with Crippen molar-refractivity contribution in [1.29, 1.82) is 0 Å². The van der Waals surface area contributed by atoms with E-state index in [0.29, 0.717) is 0 Å². The number of aliphatic hydroxyl groups is 1. The van der Waals surface area contributed by atoms with Crippen LogP contribution >= 0.6 is 0 Å². The van der Waals surface area contributed by atoms with Gasteiger partial charge in [-0.3, -0.25) is 4.79 Å². The molecule has 1 atom stereocenters. The Morgan fingerprint density at radius 1 is 1.30 bits per heavy atom. The molecule has 0 aromatic rings. The van der Waals surface area contributed by atoms with Crippen LogP contribution in [0.2, 0.25) is 0 Å². The van der Waals surface area contributed by atoms with Gasteiger partial charge in [0, 0.05) is 0 Å². The quantitative estimate of drug-likeness (QED) is 0.517.